The Morgan fingerprint density at radius 2 is 2.10 bits per heavy atom. The maximum atomic E-state index is 13.1. The topological polar surface area (TPSA) is 65.2 Å². The maximum Gasteiger partial charge on any atom is 0.340 e. The van der Waals surface area contributed by atoms with Crippen LogP contribution in [0.5, 0.6) is 0 Å². The van der Waals surface area contributed by atoms with Crippen molar-refractivity contribution in [3.8, 4) is 0 Å². The van der Waals surface area contributed by atoms with E-state index in [2.05, 4.69) is 4.98 Å². The van der Waals surface area contributed by atoms with Crippen molar-refractivity contribution in [2.24, 2.45) is 0 Å². The quantitative estimate of drug-likeness (QED) is 0.595. The molecule has 21 heavy (non-hydrogen) atoms. The highest BCUT2D eigenvalue weighted by molar-refractivity contribution is 7.18. The van der Waals surface area contributed by atoms with Crippen LogP contribution in [-0.4, -0.2) is 11.0 Å². The number of carbonyl (C=O) groups excluding carboxylic acids is 1. The van der Waals surface area contributed by atoms with Crippen LogP contribution in [0.2, 0.25) is 0 Å². The second-order valence-corrected chi connectivity index (χ2v) is 5.50. The van der Waals surface area contributed by atoms with Gasteiger partial charge in [0, 0.05) is 5.69 Å². The van der Waals surface area contributed by atoms with Gasteiger partial charge in [-0.05, 0) is 30.3 Å². The smallest absolute Gasteiger partial charge is 0.340 e. The van der Waals surface area contributed by atoms with Crippen LogP contribution in [0.4, 0.5) is 10.1 Å². The van der Waals surface area contributed by atoms with Crippen molar-refractivity contribution >= 4 is 33.2 Å². The van der Waals surface area contributed by atoms with E-state index < -0.39 is 11.8 Å². The molecule has 3 aromatic rings. The van der Waals surface area contributed by atoms with Gasteiger partial charge in [0.25, 0.3) is 0 Å². The van der Waals surface area contributed by atoms with Crippen LogP contribution in [0.1, 0.15) is 15.4 Å². The van der Waals surface area contributed by atoms with Gasteiger partial charge in [-0.3, -0.25) is 0 Å². The molecule has 0 aliphatic carbocycles. The fourth-order valence-electron chi connectivity index (χ4n) is 1.89. The number of halogens is 1. The second-order valence-electron chi connectivity index (χ2n) is 4.38. The molecule has 0 radical (unpaired) electrons. The highest BCUT2D eigenvalue weighted by Crippen LogP contribution is 2.22. The fourth-order valence-corrected chi connectivity index (χ4v) is 2.77. The van der Waals surface area contributed by atoms with Crippen LogP contribution in [0.3, 0.4) is 0 Å². The number of hydrogen-bond donors (Lipinski definition) is 1. The third-order valence-electron chi connectivity index (χ3n) is 2.90. The lowest BCUT2D eigenvalue weighted by Crippen LogP contribution is -2.08. The number of aromatic nitrogens is 1. The van der Waals surface area contributed by atoms with E-state index in [4.69, 9.17) is 10.5 Å². The summed E-state index contributed by atoms with van der Waals surface area (Å²) in [6.07, 6.45) is 0. The van der Waals surface area contributed by atoms with Gasteiger partial charge in [0.1, 0.15) is 17.4 Å². The Bertz CT molecular complexity index is 783. The lowest BCUT2D eigenvalue weighted by molar-refractivity contribution is 0.0473. The molecule has 0 atom stereocenters. The number of rotatable bonds is 3. The van der Waals surface area contributed by atoms with Crippen LogP contribution in [0.25, 0.3) is 10.2 Å². The zero-order valence-corrected chi connectivity index (χ0v) is 11.7. The van der Waals surface area contributed by atoms with Crippen molar-refractivity contribution in [1.82, 2.24) is 4.98 Å². The minimum absolute atomic E-state index is 0.0242. The SMILES string of the molecule is Nc1ccc(F)cc1C(=O)OCc1nc2ccccc2s1. The summed E-state index contributed by atoms with van der Waals surface area (Å²) in [5.41, 5.74) is 6.71. The first-order valence-corrected chi connectivity index (χ1v) is 7.02. The van der Waals surface area contributed by atoms with Gasteiger partial charge in [0.2, 0.25) is 0 Å². The van der Waals surface area contributed by atoms with E-state index in [0.29, 0.717) is 5.01 Å². The molecular formula is C15H11FN2O2S. The van der Waals surface area contributed by atoms with Gasteiger partial charge in [-0.15, -0.1) is 11.3 Å². The molecule has 1 heterocycles. The van der Waals surface area contributed by atoms with Crippen molar-refractivity contribution in [2.45, 2.75) is 6.61 Å². The van der Waals surface area contributed by atoms with E-state index in [-0.39, 0.29) is 17.9 Å². The van der Waals surface area contributed by atoms with Gasteiger partial charge in [-0.25, -0.2) is 14.2 Å². The molecule has 0 aliphatic rings. The number of benzene rings is 2. The number of nitrogens with zero attached hydrogens (tertiary/aromatic N) is 1. The number of thiazole rings is 1. The van der Waals surface area contributed by atoms with E-state index in [1.165, 1.54) is 23.5 Å². The highest BCUT2D eigenvalue weighted by Gasteiger charge is 2.13. The Kier molecular flexibility index (Phi) is 3.53. The third kappa shape index (κ3) is 2.85. The first kappa shape index (κ1) is 13.5. The van der Waals surface area contributed by atoms with Crippen molar-refractivity contribution < 1.29 is 13.9 Å². The Morgan fingerprint density at radius 1 is 1.29 bits per heavy atom. The molecule has 4 nitrogen and oxygen atoms in total. The van der Waals surface area contributed by atoms with Gasteiger partial charge in [-0.2, -0.15) is 0 Å². The Hall–Kier alpha value is -2.47. The third-order valence-corrected chi connectivity index (χ3v) is 3.91. The Labute approximate surface area is 124 Å². The van der Waals surface area contributed by atoms with Crippen molar-refractivity contribution in [1.29, 1.82) is 0 Å². The molecule has 0 bridgehead atoms. The summed E-state index contributed by atoms with van der Waals surface area (Å²) in [6.45, 7) is 0.0358. The fraction of sp³-hybridized carbons (Fsp3) is 0.0667. The molecule has 0 fully saturated rings. The number of ether oxygens (including phenoxy) is 1. The van der Waals surface area contributed by atoms with Crippen LogP contribution < -0.4 is 5.73 Å². The van der Waals surface area contributed by atoms with E-state index in [9.17, 15) is 9.18 Å². The summed E-state index contributed by atoms with van der Waals surface area (Å²) in [6, 6.07) is 11.2. The average Bonchev–Trinajstić information content (AvgIpc) is 2.90. The molecule has 2 N–H and O–H groups in total. The van der Waals surface area contributed by atoms with Crippen molar-refractivity contribution in [2.75, 3.05) is 5.73 Å². The number of esters is 1. The number of para-hydroxylation sites is 1. The molecule has 2 aromatic carbocycles. The zero-order valence-electron chi connectivity index (χ0n) is 10.9. The molecular weight excluding hydrogens is 291 g/mol. The predicted molar refractivity (Wildman–Crippen MR) is 79.6 cm³/mol. The van der Waals surface area contributed by atoms with Crippen LogP contribution >= 0.6 is 11.3 Å². The summed E-state index contributed by atoms with van der Waals surface area (Å²) in [5, 5.41) is 0.680. The van der Waals surface area contributed by atoms with Gasteiger partial charge < -0.3 is 10.5 Å². The second kappa shape index (κ2) is 5.49. The molecule has 3 rings (SSSR count). The summed E-state index contributed by atoms with van der Waals surface area (Å²) in [5.74, 6) is -1.19. The highest BCUT2D eigenvalue weighted by atomic mass is 32.1. The molecule has 0 amide bonds. The number of anilines is 1. The first-order valence-electron chi connectivity index (χ1n) is 6.20. The molecule has 1 aromatic heterocycles. The van der Waals surface area contributed by atoms with Gasteiger partial charge in [0.15, 0.2) is 0 Å². The van der Waals surface area contributed by atoms with Crippen molar-refractivity contribution in [3.63, 3.8) is 0 Å². The molecule has 0 saturated carbocycles. The molecule has 0 unspecified atom stereocenters. The average molecular weight is 302 g/mol. The number of nitrogens with two attached hydrogens (primary N) is 1. The van der Waals surface area contributed by atoms with E-state index in [0.717, 1.165) is 16.3 Å². The standard InChI is InChI=1S/C15H11FN2O2S/c16-9-5-6-11(17)10(7-9)15(19)20-8-14-18-12-3-1-2-4-13(12)21-14/h1-7H,8,17H2. The summed E-state index contributed by atoms with van der Waals surface area (Å²) in [7, 11) is 0. The number of fused-ring (bicyclic) bond motifs is 1. The van der Waals surface area contributed by atoms with Gasteiger partial charge >= 0.3 is 5.97 Å². The lowest BCUT2D eigenvalue weighted by Gasteiger charge is -2.05. The molecule has 106 valence electrons. The van der Waals surface area contributed by atoms with Crippen LogP contribution in [0.15, 0.2) is 42.5 Å². The number of nitrogen functional groups attached to an aromatic ring is 1. The van der Waals surface area contributed by atoms with E-state index in [1.807, 2.05) is 24.3 Å². The number of carbonyl (C=O) groups is 1. The van der Waals surface area contributed by atoms with Gasteiger partial charge in [0.05, 0.1) is 15.8 Å². The van der Waals surface area contributed by atoms with E-state index >= 15 is 0 Å². The Morgan fingerprint density at radius 3 is 2.90 bits per heavy atom. The molecule has 6 heteroatoms. The molecule has 0 saturated heterocycles. The minimum Gasteiger partial charge on any atom is -0.455 e. The first-order chi connectivity index (χ1) is 10.1. The maximum absolute atomic E-state index is 13.1. The Balaban J connectivity index is 1.74. The number of hydrogen-bond acceptors (Lipinski definition) is 5. The van der Waals surface area contributed by atoms with Crippen LogP contribution in [0, 0.1) is 5.82 Å². The molecule has 0 aliphatic heterocycles. The van der Waals surface area contributed by atoms with Crippen molar-refractivity contribution in [3.05, 3.63) is 58.9 Å². The largest absolute Gasteiger partial charge is 0.455 e. The normalized spacial score (nSPS) is 10.7. The predicted octanol–water partition coefficient (Wildman–Crippen LogP) is 3.37. The zero-order chi connectivity index (χ0) is 14.8. The van der Waals surface area contributed by atoms with Crippen LogP contribution in [-0.2, 0) is 11.3 Å². The monoisotopic (exact) mass is 302 g/mol. The van der Waals surface area contributed by atoms with E-state index in [1.54, 1.807) is 0 Å². The summed E-state index contributed by atoms with van der Waals surface area (Å²) in [4.78, 5) is 16.3. The van der Waals surface area contributed by atoms with Gasteiger partial charge in [-0.1, -0.05) is 12.1 Å². The molecule has 0 spiro atoms. The summed E-state index contributed by atoms with van der Waals surface area (Å²) < 4.78 is 19.3. The lowest BCUT2D eigenvalue weighted by atomic mass is 10.2. The summed E-state index contributed by atoms with van der Waals surface area (Å²) >= 11 is 1.45. The minimum atomic E-state index is -0.661.